The first-order valence-corrected chi connectivity index (χ1v) is 5.98. The van der Waals surface area contributed by atoms with Gasteiger partial charge in [0.05, 0.1) is 17.8 Å². The van der Waals surface area contributed by atoms with Crippen LogP contribution in [0.1, 0.15) is 11.1 Å². The summed E-state index contributed by atoms with van der Waals surface area (Å²) in [5, 5.41) is 6.97. The van der Waals surface area contributed by atoms with E-state index in [1.54, 1.807) is 0 Å². The van der Waals surface area contributed by atoms with Gasteiger partial charge in [-0.25, -0.2) is 0 Å². The Morgan fingerprint density at radius 3 is 2.41 bits per heavy atom. The topological polar surface area (TPSA) is 24.1 Å². The molecule has 0 amide bonds. The average molecular weight is 224 g/mol. The van der Waals surface area contributed by atoms with Crippen molar-refractivity contribution in [2.45, 2.75) is 19.0 Å². The van der Waals surface area contributed by atoms with Crippen LogP contribution in [-0.2, 0) is 0 Å². The number of allylic oxidation sites excluding steroid dienone is 2. The van der Waals surface area contributed by atoms with E-state index in [1.807, 2.05) is 0 Å². The highest BCUT2D eigenvalue weighted by atomic mass is 15.1. The Morgan fingerprint density at radius 2 is 1.65 bits per heavy atom. The van der Waals surface area contributed by atoms with Gasteiger partial charge < -0.3 is 10.6 Å². The minimum Gasteiger partial charge on any atom is -0.381 e. The van der Waals surface area contributed by atoms with Crippen molar-refractivity contribution in [3.63, 3.8) is 0 Å². The number of rotatable bonds is 1. The standard InChI is InChI=1S/C15H16N2/c1-11-6-8-12(9-7-11)15-10-16-13-4-2-3-5-14(13)17-15/h2-10,13-14,16-17H,1H3. The summed E-state index contributed by atoms with van der Waals surface area (Å²) in [6.45, 7) is 2.11. The molecule has 2 N–H and O–H groups in total. The predicted octanol–water partition coefficient (Wildman–Crippen LogP) is 2.35. The molecule has 0 fully saturated rings. The van der Waals surface area contributed by atoms with Crippen LogP contribution in [0.25, 0.3) is 5.70 Å². The summed E-state index contributed by atoms with van der Waals surface area (Å²) in [6.07, 6.45) is 10.6. The van der Waals surface area contributed by atoms with Gasteiger partial charge in [-0.3, -0.25) is 0 Å². The van der Waals surface area contributed by atoms with E-state index in [0.717, 1.165) is 5.70 Å². The largest absolute Gasteiger partial charge is 0.381 e. The Labute approximate surface area is 102 Å². The van der Waals surface area contributed by atoms with Gasteiger partial charge in [-0.15, -0.1) is 0 Å². The van der Waals surface area contributed by atoms with Crippen LogP contribution < -0.4 is 10.6 Å². The fraction of sp³-hybridized carbons (Fsp3) is 0.200. The second-order valence-electron chi connectivity index (χ2n) is 4.56. The van der Waals surface area contributed by atoms with E-state index in [9.17, 15) is 0 Å². The second-order valence-corrected chi connectivity index (χ2v) is 4.56. The molecule has 1 aromatic rings. The van der Waals surface area contributed by atoms with Gasteiger partial charge in [-0.05, 0) is 12.5 Å². The molecule has 1 aliphatic heterocycles. The average Bonchev–Trinajstić information content (AvgIpc) is 2.39. The molecule has 86 valence electrons. The normalized spacial score (nSPS) is 25.6. The van der Waals surface area contributed by atoms with Crippen molar-refractivity contribution >= 4 is 5.70 Å². The Morgan fingerprint density at radius 1 is 0.941 bits per heavy atom. The molecule has 0 bridgehead atoms. The van der Waals surface area contributed by atoms with Gasteiger partial charge in [0.1, 0.15) is 0 Å². The van der Waals surface area contributed by atoms with Crippen LogP contribution in [0.5, 0.6) is 0 Å². The van der Waals surface area contributed by atoms with Crippen LogP contribution in [0.3, 0.4) is 0 Å². The molecule has 1 aliphatic carbocycles. The van der Waals surface area contributed by atoms with Gasteiger partial charge in [0.25, 0.3) is 0 Å². The molecule has 0 saturated carbocycles. The van der Waals surface area contributed by atoms with Crippen LogP contribution in [0, 0.1) is 6.92 Å². The first-order valence-electron chi connectivity index (χ1n) is 5.98. The SMILES string of the molecule is Cc1ccc(C2=CNC3C=CC=CC3N2)cc1. The highest BCUT2D eigenvalue weighted by molar-refractivity contribution is 5.65. The van der Waals surface area contributed by atoms with Gasteiger partial charge in [0, 0.05) is 6.20 Å². The van der Waals surface area contributed by atoms with E-state index in [-0.39, 0.29) is 0 Å². The zero-order chi connectivity index (χ0) is 11.7. The zero-order valence-electron chi connectivity index (χ0n) is 9.85. The number of fused-ring (bicyclic) bond motifs is 1. The Hall–Kier alpha value is -1.96. The molecule has 1 aromatic carbocycles. The summed E-state index contributed by atoms with van der Waals surface area (Å²) in [6, 6.07) is 9.30. The van der Waals surface area contributed by atoms with Crippen molar-refractivity contribution in [3.05, 3.63) is 65.9 Å². The van der Waals surface area contributed by atoms with E-state index in [1.165, 1.54) is 11.1 Å². The van der Waals surface area contributed by atoms with Crippen molar-refractivity contribution in [3.8, 4) is 0 Å². The second kappa shape index (κ2) is 4.13. The molecule has 0 saturated heterocycles. The molecule has 2 atom stereocenters. The summed E-state index contributed by atoms with van der Waals surface area (Å²) in [7, 11) is 0. The fourth-order valence-electron chi connectivity index (χ4n) is 2.20. The van der Waals surface area contributed by atoms with Crippen LogP contribution in [0.4, 0.5) is 0 Å². The molecule has 1 heterocycles. The van der Waals surface area contributed by atoms with Crippen LogP contribution >= 0.6 is 0 Å². The number of hydrogen-bond acceptors (Lipinski definition) is 2. The van der Waals surface area contributed by atoms with E-state index < -0.39 is 0 Å². The zero-order valence-corrected chi connectivity index (χ0v) is 9.85. The van der Waals surface area contributed by atoms with E-state index >= 15 is 0 Å². The van der Waals surface area contributed by atoms with Gasteiger partial charge >= 0.3 is 0 Å². The molecule has 2 heteroatoms. The third kappa shape index (κ3) is 1.98. The lowest BCUT2D eigenvalue weighted by molar-refractivity contribution is 0.544. The molecule has 0 spiro atoms. The Balaban J connectivity index is 1.85. The Bertz CT molecular complexity index is 494. The number of aryl methyl sites for hydroxylation is 1. The lowest BCUT2D eigenvalue weighted by Gasteiger charge is -2.32. The molecule has 17 heavy (non-hydrogen) atoms. The Kier molecular flexibility index (Phi) is 2.48. The maximum atomic E-state index is 3.55. The maximum Gasteiger partial charge on any atom is 0.0685 e. The molecule has 3 rings (SSSR count). The predicted molar refractivity (Wildman–Crippen MR) is 71.3 cm³/mol. The van der Waals surface area contributed by atoms with Gasteiger partial charge in [-0.2, -0.15) is 0 Å². The molecule has 2 aliphatic rings. The molecular weight excluding hydrogens is 208 g/mol. The number of hydrogen-bond donors (Lipinski definition) is 2. The smallest absolute Gasteiger partial charge is 0.0685 e. The van der Waals surface area contributed by atoms with Crippen molar-refractivity contribution in [2.75, 3.05) is 0 Å². The highest BCUT2D eigenvalue weighted by Crippen LogP contribution is 2.18. The molecule has 2 unspecified atom stereocenters. The van der Waals surface area contributed by atoms with Gasteiger partial charge in [0.2, 0.25) is 0 Å². The summed E-state index contributed by atoms with van der Waals surface area (Å²) in [4.78, 5) is 0. The first-order chi connectivity index (χ1) is 8.33. The quantitative estimate of drug-likeness (QED) is 0.765. The maximum absolute atomic E-state index is 3.55. The third-order valence-corrected chi connectivity index (χ3v) is 3.24. The minimum atomic E-state index is 0.348. The fourth-order valence-corrected chi connectivity index (χ4v) is 2.20. The van der Waals surface area contributed by atoms with E-state index in [4.69, 9.17) is 0 Å². The van der Waals surface area contributed by atoms with E-state index in [0.29, 0.717) is 12.1 Å². The monoisotopic (exact) mass is 224 g/mol. The van der Waals surface area contributed by atoms with Crippen molar-refractivity contribution in [2.24, 2.45) is 0 Å². The first kappa shape index (κ1) is 10.2. The van der Waals surface area contributed by atoms with Gasteiger partial charge in [0.15, 0.2) is 0 Å². The van der Waals surface area contributed by atoms with E-state index in [2.05, 4.69) is 72.3 Å². The minimum absolute atomic E-state index is 0.348. The number of benzene rings is 1. The lowest BCUT2D eigenvalue weighted by Crippen LogP contribution is -2.48. The van der Waals surface area contributed by atoms with Crippen LogP contribution in [-0.4, -0.2) is 12.1 Å². The van der Waals surface area contributed by atoms with Gasteiger partial charge in [-0.1, -0.05) is 54.1 Å². The van der Waals surface area contributed by atoms with Crippen LogP contribution in [0.15, 0.2) is 54.8 Å². The highest BCUT2D eigenvalue weighted by Gasteiger charge is 2.22. The van der Waals surface area contributed by atoms with Crippen LogP contribution in [0.2, 0.25) is 0 Å². The molecular formula is C15H16N2. The third-order valence-electron chi connectivity index (χ3n) is 3.24. The van der Waals surface area contributed by atoms with Crippen molar-refractivity contribution in [1.29, 1.82) is 0 Å². The van der Waals surface area contributed by atoms with Crippen molar-refractivity contribution < 1.29 is 0 Å². The molecule has 0 radical (unpaired) electrons. The molecule has 2 nitrogen and oxygen atoms in total. The summed E-state index contributed by atoms with van der Waals surface area (Å²) in [5.74, 6) is 0. The van der Waals surface area contributed by atoms with Crippen molar-refractivity contribution in [1.82, 2.24) is 10.6 Å². The summed E-state index contributed by atoms with van der Waals surface area (Å²) < 4.78 is 0. The summed E-state index contributed by atoms with van der Waals surface area (Å²) >= 11 is 0. The molecule has 0 aromatic heterocycles. The lowest BCUT2D eigenvalue weighted by atomic mass is 9.99. The summed E-state index contributed by atoms with van der Waals surface area (Å²) in [5.41, 5.74) is 3.67. The number of nitrogens with one attached hydrogen (secondary N) is 2.